The summed E-state index contributed by atoms with van der Waals surface area (Å²) >= 11 is 0. The molecule has 0 atom stereocenters. The van der Waals surface area contributed by atoms with Crippen LogP contribution < -0.4 is 0 Å². The number of aryl methyl sites for hydroxylation is 1. The Morgan fingerprint density at radius 3 is 2.32 bits per heavy atom. The topological polar surface area (TPSA) is 21.5 Å². The predicted octanol–water partition coefficient (Wildman–Crippen LogP) is 4.78. The molecule has 0 aliphatic heterocycles. The molecule has 0 radical (unpaired) electrons. The van der Waals surface area contributed by atoms with Crippen molar-refractivity contribution in [2.45, 2.75) is 33.1 Å². The van der Waals surface area contributed by atoms with Crippen molar-refractivity contribution in [3.05, 3.63) is 77.1 Å². The third-order valence-electron chi connectivity index (χ3n) is 4.11. The second kappa shape index (κ2) is 5.13. The van der Waals surface area contributed by atoms with E-state index in [0.717, 1.165) is 22.3 Å². The fourth-order valence-corrected chi connectivity index (χ4v) is 2.74. The Hall–Kier alpha value is -2.35. The summed E-state index contributed by atoms with van der Waals surface area (Å²) < 4.78 is 2.00. The van der Waals surface area contributed by atoms with Crippen LogP contribution in [-0.4, -0.2) is 10.2 Å². The van der Waals surface area contributed by atoms with Crippen LogP contribution in [0.3, 0.4) is 0 Å². The fourth-order valence-electron chi connectivity index (χ4n) is 2.74. The van der Waals surface area contributed by atoms with Crippen LogP contribution in [0.1, 0.15) is 48.0 Å². The third kappa shape index (κ3) is 2.45. The van der Waals surface area contributed by atoms with E-state index in [-0.39, 0.29) is 11.2 Å². The molecule has 1 aromatic carbocycles. The summed E-state index contributed by atoms with van der Waals surface area (Å²) in [6.07, 6.45) is 2.01. The Morgan fingerprint density at radius 2 is 1.68 bits per heavy atom. The molecule has 0 saturated heterocycles. The zero-order valence-corrected chi connectivity index (χ0v) is 13.6. The van der Waals surface area contributed by atoms with Gasteiger partial charge in [-0.25, -0.2) is 0 Å². The molecule has 22 heavy (non-hydrogen) atoms. The van der Waals surface area contributed by atoms with Gasteiger partial charge >= 0.3 is 0 Å². The Balaban J connectivity index is 2.15. The largest absolute Gasteiger partial charge is 0.313 e. The summed E-state index contributed by atoms with van der Waals surface area (Å²) in [5.41, 5.74) is 5.06. The highest BCUT2D eigenvalue weighted by atomic mass is 16.1. The minimum atomic E-state index is 0.0622. The van der Waals surface area contributed by atoms with Gasteiger partial charge in [-0.3, -0.25) is 4.79 Å². The molecule has 0 aliphatic carbocycles. The van der Waals surface area contributed by atoms with Gasteiger partial charge in [0, 0.05) is 17.3 Å². The first-order valence-electron chi connectivity index (χ1n) is 7.60. The number of hydrogen-bond donors (Lipinski definition) is 0. The second-order valence-corrected chi connectivity index (χ2v) is 6.83. The van der Waals surface area contributed by atoms with Crippen molar-refractivity contribution in [1.29, 1.82) is 0 Å². The van der Waals surface area contributed by atoms with Gasteiger partial charge in [-0.2, -0.15) is 0 Å². The number of rotatable bonds is 2. The standard InChI is InChI=1S/C20H21NO/c1-14-12-18(19(22)15-8-6-5-7-9-15)21-11-10-16(13-17(14)21)20(2,3)4/h5-13H,1-4H3. The molecule has 0 spiro atoms. The van der Waals surface area contributed by atoms with Crippen LogP contribution in [0.25, 0.3) is 5.52 Å². The molecular weight excluding hydrogens is 270 g/mol. The zero-order chi connectivity index (χ0) is 15.9. The summed E-state index contributed by atoms with van der Waals surface area (Å²) in [6.45, 7) is 8.66. The van der Waals surface area contributed by atoms with Crippen molar-refractivity contribution in [3.63, 3.8) is 0 Å². The van der Waals surface area contributed by atoms with Crippen molar-refractivity contribution in [2.75, 3.05) is 0 Å². The molecule has 0 fully saturated rings. The van der Waals surface area contributed by atoms with Crippen molar-refractivity contribution in [1.82, 2.24) is 4.40 Å². The summed E-state index contributed by atoms with van der Waals surface area (Å²) in [5.74, 6) is 0.0622. The minimum absolute atomic E-state index is 0.0622. The molecule has 0 amide bonds. The van der Waals surface area contributed by atoms with Gasteiger partial charge in [0.05, 0.1) is 5.69 Å². The molecular formula is C20H21NO. The van der Waals surface area contributed by atoms with Gasteiger partial charge in [0.15, 0.2) is 0 Å². The first kappa shape index (κ1) is 14.6. The first-order chi connectivity index (χ1) is 10.4. The van der Waals surface area contributed by atoms with Gasteiger partial charge < -0.3 is 4.40 Å². The number of carbonyl (C=O) groups excluding carboxylic acids is 1. The maximum absolute atomic E-state index is 12.7. The van der Waals surface area contributed by atoms with Crippen LogP contribution in [0.2, 0.25) is 0 Å². The number of nitrogens with zero attached hydrogens (tertiary/aromatic N) is 1. The summed E-state index contributed by atoms with van der Waals surface area (Å²) in [5, 5.41) is 0. The molecule has 2 aromatic heterocycles. The minimum Gasteiger partial charge on any atom is -0.313 e. The van der Waals surface area contributed by atoms with E-state index in [4.69, 9.17) is 0 Å². The Bertz CT molecular complexity index is 835. The maximum atomic E-state index is 12.7. The first-order valence-corrected chi connectivity index (χ1v) is 7.60. The summed E-state index contributed by atoms with van der Waals surface area (Å²) in [6, 6.07) is 15.7. The highest BCUT2D eigenvalue weighted by Crippen LogP contribution is 2.26. The molecule has 2 heterocycles. The molecule has 3 rings (SSSR count). The number of aromatic nitrogens is 1. The highest BCUT2D eigenvalue weighted by molar-refractivity contribution is 6.08. The van der Waals surface area contributed by atoms with E-state index in [0.29, 0.717) is 0 Å². The van der Waals surface area contributed by atoms with Gasteiger partial charge in [-0.05, 0) is 41.7 Å². The molecule has 0 unspecified atom stereocenters. The van der Waals surface area contributed by atoms with Gasteiger partial charge in [-0.1, -0.05) is 51.1 Å². The monoisotopic (exact) mass is 291 g/mol. The van der Waals surface area contributed by atoms with Crippen molar-refractivity contribution >= 4 is 11.3 Å². The lowest BCUT2D eigenvalue weighted by Crippen LogP contribution is -2.12. The molecule has 0 bridgehead atoms. The summed E-state index contributed by atoms with van der Waals surface area (Å²) in [4.78, 5) is 12.7. The van der Waals surface area contributed by atoms with Crippen molar-refractivity contribution in [2.24, 2.45) is 0 Å². The van der Waals surface area contributed by atoms with Gasteiger partial charge in [0.25, 0.3) is 0 Å². The second-order valence-electron chi connectivity index (χ2n) is 6.83. The van der Waals surface area contributed by atoms with Crippen LogP contribution in [-0.2, 0) is 5.41 Å². The summed E-state index contributed by atoms with van der Waals surface area (Å²) in [7, 11) is 0. The molecule has 0 N–H and O–H groups in total. The Kier molecular flexibility index (Phi) is 3.40. The number of ketones is 1. The molecule has 2 heteroatoms. The van der Waals surface area contributed by atoms with Crippen LogP contribution in [0.4, 0.5) is 0 Å². The molecule has 0 aliphatic rings. The van der Waals surface area contributed by atoms with Crippen LogP contribution in [0.15, 0.2) is 54.7 Å². The molecule has 0 saturated carbocycles. The van der Waals surface area contributed by atoms with E-state index >= 15 is 0 Å². The van der Waals surface area contributed by atoms with Crippen LogP contribution >= 0.6 is 0 Å². The third-order valence-corrected chi connectivity index (χ3v) is 4.11. The van der Waals surface area contributed by atoms with Gasteiger partial charge in [0.2, 0.25) is 5.78 Å². The van der Waals surface area contributed by atoms with Crippen molar-refractivity contribution in [3.8, 4) is 0 Å². The Morgan fingerprint density at radius 1 is 1.00 bits per heavy atom. The van der Waals surface area contributed by atoms with E-state index in [1.165, 1.54) is 5.56 Å². The quantitative estimate of drug-likeness (QED) is 0.623. The van der Waals surface area contributed by atoms with Gasteiger partial charge in [-0.15, -0.1) is 0 Å². The average molecular weight is 291 g/mol. The number of carbonyl (C=O) groups is 1. The molecule has 2 nitrogen and oxygen atoms in total. The van der Waals surface area contributed by atoms with E-state index in [2.05, 4.69) is 39.8 Å². The average Bonchev–Trinajstić information content (AvgIpc) is 2.83. The smallest absolute Gasteiger partial charge is 0.209 e. The van der Waals surface area contributed by atoms with Crippen LogP contribution in [0, 0.1) is 6.92 Å². The van der Waals surface area contributed by atoms with E-state index in [1.807, 2.05) is 47.0 Å². The number of benzene rings is 1. The molecule has 112 valence electrons. The number of hydrogen-bond acceptors (Lipinski definition) is 1. The van der Waals surface area contributed by atoms with Gasteiger partial charge in [0.1, 0.15) is 0 Å². The predicted molar refractivity (Wildman–Crippen MR) is 90.7 cm³/mol. The lowest BCUT2D eigenvalue weighted by Gasteiger charge is -2.19. The number of pyridine rings is 1. The zero-order valence-electron chi connectivity index (χ0n) is 13.6. The normalized spacial score (nSPS) is 11.8. The van der Waals surface area contributed by atoms with E-state index in [1.54, 1.807) is 0 Å². The maximum Gasteiger partial charge on any atom is 0.209 e. The lowest BCUT2D eigenvalue weighted by atomic mass is 9.87. The number of fused-ring (bicyclic) bond motifs is 1. The Labute approximate surface area is 131 Å². The highest BCUT2D eigenvalue weighted by Gasteiger charge is 2.18. The fraction of sp³-hybridized carbons (Fsp3) is 0.250. The SMILES string of the molecule is Cc1cc(C(=O)c2ccccc2)n2ccc(C(C)(C)C)cc12. The van der Waals surface area contributed by atoms with E-state index < -0.39 is 0 Å². The van der Waals surface area contributed by atoms with E-state index in [9.17, 15) is 4.79 Å². The van der Waals surface area contributed by atoms with Crippen molar-refractivity contribution < 1.29 is 4.79 Å². The molecule has 3 aromatic rings. The van der Waals surface area contributed by atoms with Crippen LogP contribution in [0.5, 0.6) is 0 Å². The lowest BCUT2D eigenvalue weighted by molar-refractivity contribution is 0.103.